The van der Waals surface area contributed by atoms with Gasteiger partial charge in [0.25, 0.3) is 5.91 Å². The summed E-state index contributed by atoms with van der Waals surface area (Å²) in [7, 11) is 1.60. The number of para-hydroxylation sites is 2. The molecule has 0 saturated carbocycles. The molecule has 152 valence electrons. The maximum Gasteiger partial charge on any atom is 0.261 e. The number of carbonyl (C=O) groups is 1. The summed E-state index contributed by atoms with van der Waals surface area (Å²) in [4.78, 5) is 12.5. The van der Waals surface area contributed by atoms with E-state index >= 15 is 0 Å². The Morgan fingerprint density at radius 3 is 2.32 bits per heavy atom. The van der Waals surface area contributed by atoms with Crippen LogP contribution >= 0.6 is 0 Å². The van der Waals surface area contributed by atoms with E-state index in [1.165, 1.54) is 0 Å². The minimum Gasteiger partial charge on any atom is -0.493 e. The Morgan fingerprint density at radius 1 is 1.00 bits per heavy atom. The van der Waals surface area contributed by atoms with Gasteiger partial charge in [0, 0.05) is 0 Å². The normalized spacial score (nSPS) is 13.0. The quantitative estimate of drug-likeness (QED) is 0.692. The molecule has 0 spiro atoms. The zero-order valence-electron chi connectivity index (χ0n) is 17.6. The molecule has 0 aliphatic carbocycles. The van der Waals surface area contributed by atoms with E-state index in [1.54, 1.807) is 14.0 Å². The molecule has 1 amide bonds. The van der Waals surface area contributed by atoms with Gasteiger partial charge in [-0.2, -0.15) is 0 Å². The number of hydrogen-bond acceptors (Lipinski definition) is 4. The van der Waals surface area contributed by atoms with Crippen molar-refractivity contribution in [2.45, 2.75) is 52.7 Å². The van der Waals surface area contributed by atoms with E-state index in [9.17, 15) is 4.79 Å². The fraction of sp³-hybridized carbons (Fsp3) is 0.435. The van der Waals surface area contributed by atoms with Crippen LogP contribution in [0.3, 0.4) is 0 Å². The highest BCUT2D eigenvalue weighted by molar-refractivity contribution is 5.81. The predicted octanol–water partition coefficient (Wildman–Crippen LogP) is 4.48. The second-order valence-corrected chi connectivity index (χ2v) is 7.33. The van der Waals surface area contributed by atoms with E-state index < -0.39 is 6.10 Å². The number of carbonyl (C=O) groups excluding carboxylic acids is 1. The van der Waals surface area contributed by atoms with Crippen LogP contribution in [0.5, 0.6) is 17.2 Å². The van der Waals surface area contributed by atoms with Crippen LogP contribution < -0.4 is 19.5 Å². The van der Waals surface area contributed by atoms with E-state index in [1.807, 2.05) is 44.2 Å². The number of rotatable bonds is 9. The van der Waals surface area contributed by atoms with Gasteiger partial charge in [0.05, 0.1) is 13.2 Å². The molecule has 0 saturated heterocycles. The lowest BCUT2D eigenvalue weighted by Crippen LogP contribution is -2.43. The van der Waals surface area contributed by atoms with E-state index in [0.29, 0.717) is 24.0 Å². The molecule has 0 heterocycles. The van der Waals surface area contributed by atoms with Gasteiger partial charge in [-0.05, 0) is 56.0 Å². The third-order valence-corrected chi connectivity index (χ3v) is 4.41. The van der Waals surface area contributed by atoms with Crippen molar-refractivity contribution in [2.24, 2.45) is 0 Å². The summed E-state index contributed by atoms with van der Waals surface area (Å²) >= 11 is 0. The van der Waals surface area contributed by atoms with Gasteiger partial charge in [-0.1, -0.05) is 38.1 Å². The molecule has 2 aromatic rings. The Balaban J connectivity index is 1.92. The molecule has 1 N–H and O–H groups in total. The smallest absolute Gasteiger partial charge is 0.261 e. The zero-order chi connectivity index (χ0) is 20.7. The Kier molecular flexibility index (Phi) is 7.73. The Labute approximate surface area is 168 Å². The van der Waals surface area contributed by atoms with Gasteiger partial charge < -0.3 is 19.5 Å². The number of methoxy groups -OCH3 is 1. The number of nitrogens with one attached hydrogen (secondary N) is 1. The molecular weight excluding hydrogens is 354 g/mol. The number of benzene rings is 2. The van der Waals surface area contributed by atoms with Crippen molar-refractivity contribution in [1.29, 1.82) is 0 Å². The first-order valence-electron chi connectivity index (χ1n) is 9.65. The van der Waals surface area contributed by atoms with Crippen LogP contribution in [0.25, 0.3) is 0 Å². The van der Waals surface area contributed by atoms with Gasteiger partial charge >= 0.3 is 0 Å². The molecule has 2 aromatic carbocycles. The van der Waals surface area contributed by atoms with E-state index in [0.717, 1.165) is 16.9 Å². The molecule has 2 rings (SSSR count). The average molecular weight is 386 g/mol. The van der Waals surface area contributed by atoms with Crippen LogP contribution in [-0.2, 0) is 4.79 Å². The largest absolute Gasteiger partial charge is 0.493 e. The molecule has 0 fully saturated rings. The summed E-state index contributed by atoms with van der Waals surface area (Å²) in [5.74, 6) is 2.22. The van der Waals surface area contributed by atoms with Crippen LogP contribution in [0.2, 0.25) is 0 Å². The molecule has 0 radical (unpaired) electrons. The van der Waals surface area contributed by atoms with Crippen molar-refractivity contribution >= 4 is 5.91 Å². The van der Waals surface area contributed by atoms with E-state index in [2.05, 4.69) is 31.3 Å². The van der Waals surface area contributed by atoms with Gasteiger partial charge in [-0.15, -0.1) is 0 Å². The summed E-state index contributed by atoms with van der Waals surface area (Å²) < 4.78 is 17.0. The van der Waals surface area contributed by atoms with Crippen molar-refractivity contribution < 1.29 is 19.0 Å². The lowest BCUT2D eigenvalue weighted by atomic mass is 10.0. The molecule has 0 aliphatic heterocycles. The van der Waals surface area contributed by atoms with Crippen molar-refractivity contribution in [3.63, 3.8) is 0 Å². The first-order chi connectivity index (χ1) is 13.3. The second-order valence-electron chi connectivity index (χ2n) is 7.33. The zero-order valence-corrected chi connectivity index (χ0v) is 17.6. The molecule has 5 nitrogen and oxygen atoms in total. The van der Waals surface area contributed by atoms with Crippen molar-refractivity contribution in [1.82, 2.24) is 5.32 Å². The first-order valence-corrected chi connectivity index (χ1v) is 9.65. The Morgan fingerprint density at radius 2 is 1.68 bits per heavy atom. The number of hydrogen-bond donors (Lipinski definition) is 1. The van der Waals surface area contributed by atoms with Crippen LogP contribution in [0.1, 0.15) is 44.7 Å². The second kappa shape index (κ2) is 10.0. The third-order valence-electron chi connectivity index (χ3n) is 4.41. The summed E-state index contributed by atoms with van der Waals surface area (Å²) in [6, 6.07) is 13.4. The molecular formula is C23H31NO4. The SMILES string of the molecule is COc1ccccc1OC[C@@H](C)NC(=O)[C@@H](C)Oc1cc(C)ccc1C(C)C. The van der Waals surface area contributed by atoms with Gasteiger partial charge in [-0.3, -0.25) is 4.79 Å². The van der Waals surface area contributed by atoms with E-state index in [4.69, 9.17) is 14.2 Å². The van der Waals surface area contributed by atoms with Gasteiger partial charge in [0.1, 0.15) is 12.4 Å². The monoisotopic (exact) mass is 385 g/mol. The summed E-state index contributed by atoms with van der Waals surface area (Å²) in [5.41, 5.74) is 2.20. The third kappa shape index (κ3) is 5.91. The average Bonchev–Trinajstić information content (AvgIpc) is 2.66. The van der Waals surface area contributed by atoms with Crippen LogP contribution in [0.15, 0.2) is 42.5 Å². The van der Waals surface area contributed by atoms with Gasteiger partial charge in [0.15, 0.2) is 17.6 Å². The summed E-state index contributed by atoms with van der Waals surface area (Å²) in [6.45, 7) is 10.2. The predicted molar refractivity (Wildman–Crippen MR) is 111 cm³/mol. The lowest BCUT2D eigenvalue weighted by molar-refractivity contribution is -0.128. The fourth-order valence-electron chi connectivity index (χ4n) is 2.82. The Bertz CT molecular complexity index is 788. The highest BCUT2D eigenvalue weighted by Crippen LogP contribution is 2.28. The maximum absolute atomic E-state index is 12.5. The molecule has 5 heteroatoms. The standard InChI is InChI=1S/C23H31NO4/c1-15(2)19-12-11-16(3)13-22(19)28-18(5)23(25)24-17(4)14-27-21-10-8-7-9-20(21)26-6/h7-13,15,17-18H,14H2,1-6H3,(H,24,25)/t17-,18-/m1/s1. The van der Waals surface area contributed by atoms with Crippen LogP contribution in [-0.4, -0.2) is 31.8 Å². The number of ether oxygens (including phenoxy) is 3. The highest BCUT2D eigenvalue weighted by Gasteiger charge is 2.19. The van der Waals surface area contributed by atoms with E-state index in [-0.39, 0.29) is 11.9 Å². The van der Waals surface area contributed by atoms with Crippen molar-refractivity contribution in [2.75, 3.05) is 13.7 Å². The van der Waals surface area contributed by atoms with Crippen LogP contribution in [0, 0.1) is 6.92 Å². The van der Waals surface area contributed by atoms with Crippen molar-refractivity contribution in [3.05, 3.63) is 53.6 Å². The summed E-state index contributed by atoms with van der Waals surface area (Å²) in [5, 5.41) is 2.94. The molecule has 0 aliphatic rings. The lowest BCUT2D eigenvalue weighted by Gasteiger charge is -2.21. The first kappa shape index (κ1) is 21.6. The van der Waals surface area contributed by atoms with Crippen molar-refractivity contribution in [3.8, 4) is 17.2 Å². The fourth-order valence-corrected chi connectivity index (χ4v) is 2.82. The molecule has 28 heavy (non-hydrogen) atoms. The minimum atomic E-state index is -0.604. The number of aryl methyl sites for hydroxylation is 1. The number of amides is 1. The molecule has 2 atom stereocenters. The molecule has 0 bridgehead atoms. The Hall–Kier alpha value is -2.69. The molecule has 0 aromatic heterocycles. The summed E-state index contributed by atoms with van der Waals surface area (Å²) in [6.07, 6.45) is -0.604. The topological polar surface area (TPSA) is 56.8 Å². The molecule has 0 unspecified atom stereocenters. The highest BCUT2D eigenvalue weighted by atomic mass is 16.5. The van der Waals surface area contributed by atoms with Crippen LogP contribution in [0.4, 0.5) is 0 Å². The van der Waals surface area contributed by atoms with Gasteiger partial charge in [-0.25, -0.2) is 0 Å². The van der Waals surface area contributed by atoms with Gasteiger partial charge in [0.2, 0.25) is 0 Å². The maximum atomic E-state index is 12.5. The minimum absolute atomic E-state index is 0.174.